The largest absolute Gasteiger partial charge is 0.468 e. The predicted octanol–water partition coefficient (Wildman–Crippen LogP) is 2.02. The molecule has 0 heterocycles. The van der Waals surface area contributed by atoms with Gasteiger partial charge in [0.05, 0.1) is 20.0 Å². The fourth-order valence-electron chi connectivity index (χ4n) is 1.00. The molecule has 1 N–H and O–H groups in total. The third kappa shape index (κ3) is 8.78. The van der Waals surface area contributed by atoms with Crippen LogP contribution >= 0.6 is 0 Å². The molecule has 0 saturated heterocycles. The molecule has 0 aromatic rings. The third-order valence-electron chi connectivity index (χ3n) is 1.72. The maximum Gasteiger partial charge on any atom is 0.391 e. The minimum Gasteiger partial charge on any atom is -0.468 e. The van der Waals surface area contributed by atoms with E-state index < -0.39 is 43.8 Å². The smallest absolute Gasteiger partial charge is 0.391 e. The number of ether oxygens (including phenoxy) is 1. The molecule has 0 aromatic heterocycles. The first-order chi connectivity index (χ1) is 7.55. The maximum absolute atomic E-state index is 12.0. The number of esters is 1. The summed E-state index contributed by atoms with van der Waals surface area (Å²) in [6.45, 7) is -0.778. The molecule has 0 bridgehead atoms. The standard InChI is InChI=1S/C8H11F6NO2/c1-17-6(16)5(4-8(12,13)14)15-3-2-7(9,10)11/h5,15H,2-4H2,1H3. The van der Waals surface area contributed by atoms with Crippen molar-refractivity contribution < 1.29 is 35.9 Å². The van der Waals surface area contributed by atoms with Crippen molar-refractivity contribution in [1.82, 2.24) is 5.32 Å². The van der Waals surface area contributed by atoms with E-state index in [1.165, 1.54) is 0 Å². The summed E-state index contributed by atoms with van der Waals surface area (Å²) in [6, 6.07) is -1.82. The van der Waals surface area contributed by atoms with Gasteiger partial charge in [0.15, 0.2) is 0 Å². The van der Waals surface area contributed by atoms with E-state index in [-0.39, 0.29) is 0 Å². The molecule has 0 aliphatic rings. The summed E-state index contributed by atoms with van der Waals surface area (Å²) >= 11 is 0. The Bertz CT molecular complexity index is 249. The molecule has 0 aliphatic heterocycles. The van der Waals surface area contributed by atoms with Crippen molar-refractivity contribution in [1.29, 1.82) is 0 Å². The number of methoxy groups -OCH3 is 1. The van der Waals surface area contributed by atoms with E-state index in [1.807, 2.05) is 5.32 Å². The molecule has 102 valence electrons. The Hall–Kier alpha value is -0.990. The fourth-order valence-corrected chi connectivity index (χ4v) is 1.00. The number of hydrogen-bond donors (Lipinski definition) is 1. The van der Waals surface area contributed by atoms with Gasteiger partial charge < -0.3 is 10.1 Å². The van der Waals surface area contributed by atoms with Crippen molar-refractivity contribution in [3.8, 4) is 0 Å². The van der Waals surface area contributed by atoms with Gasteiger partial charge in [-0.05, 0) is 0 Å². The summed E-state index contributed by atoms with van der Waals surface area (Å²) in [7, 11) is 0.858. The van der Waals surface area contributed by atoms with Crippen molar-refractivity contribution in [3.63, 3.8) is 0 Å². The highest BCUT2D eigenvalue weighted by Crippen LogP contribution is 2.23. The van der Waals surface area contributed by atoms with Gasteiger partial charge in [0.2, 0.25) is 0 Å². The molecule has 0 rings (SSSR count). The summed E-state index contributed by atoms with van der Waals surface area (Å²) in [5.41, 5.74) is 0. The number of nitrogens with one attached hydrogen (secondary N) is 1. The Morgan fingerprint density at radius 2 is 1.71 bits per heavy atom. The summed E-state index contributed by atoms with van der Waals surface area (Å²) in [5, 5.41) is 1.87. The lowest BCUT2D eigenvalue weighted by Crippen LogP contribution is -2.42. The number of alkyl halides is 6. The van der Waals surface area contributed by atoms with E-state index in [2.05, 4.69) is 4.74 Å². The Morgan fingerprint density at radius 1 is 1.18 bits per heavy atom. The van der Waals surface area contributed by atoms with Crippen molar-refractivity contribution >= 4 is 5.97 Å². The first kappa shape index (κ1) is 16.0. The monoisotopic (exact) mass is 267 g/mol. The van der Waals surface area contributed by atoms with Crippen LogP contribution in [0.2, 0.25) is 0 Å². The van der Waals surface area contributed by atoms with Crippen LogP contribution in [0.25, 0.3) is 0 Å². The highest BCUT2D eigenvalue weighted by atomic mass is 19.4. The molecular formula is C8H11F6NO2. The third-order valence-corrected chi connectivity index (χ3v) is 1.72. The van der Waals surface area contributed by atoms with Crippen LogP contribution < -0.4 is 5.32 Å². The molecule has 17 heavy (non-hydrogen) atoms. The van der Waals surface area contributed by atoms with Crippen LogP contribution in [0.5, 0.6) is 0 Å². The second-order valence-corrected chi connectivity index (χ2v) is 3.21. The molecular weight excluding hydrogens is 256 g/mol. The molecule has 0 fully saturated rings. The van der Waals surface area contributed by atoms with Gasteiger partial charge in [-0.1, -0.05) is 0 Å². The van der Waals surface area contributed by atoms with Crippen LogP contribution in [0.4, 0.5) is 26.3 Å². The number of rotatable bonds is 5. The average molecular weight is 267 g/mol. The minimum absolute atomic E-state index is 0.778. The van der Waals surface area contributed by atoms with E-state index >= 15 is 0 Å². The Morgan fingerprint density at radius 3 is 2.06 bits per heavy atom. The van der Waals surface area contributed by atoms with Gasteiger partial charge >= 0.3 is 18.3 Å². The topological polar surface area (TPSA) is 38.3 Å². The molecule has 0 saturated carbocycles. The van der Waals surface area contributed by atoms with Gasteiger partial charge in [0.25, 0.3) is 0 Å². The molecule has 0 spiro atoms. The van der Waals surface area contributed by atoms with Crippen molar-refractivity contribution in [3.05, 3.63) is 0 Å². The molecule has 0 aliphatic carbocycles. The van der Waals surface area contributed by atoms with Crippen LogP contribution in [-0.4, -0.2) is 38.0 Å². The lowest BCUT2D eigenvalue weighted by molar-refractivity contribution is -0.162. The molecule has 0 amide bonds. The average Bonchev–Trinajstić information content (AvgIpc) is 2.11. The number of carbonyl (C=O) groups is 1. The van der Waals surface area contributed by atoms with Gasteiger partial charge in [-0.25, -0.2) is 0 Å². The lowest BCUT2D eigenvalue weighted by atomic mass is 10.2. The number of hydrogen-bond acceptors (Lipinski definition) is 3. The summed E-state index contributed by atoms with van der Waals surface area (Å²) < 4.78 is 75.3. The molecule has 3 nitrogen and oxygen atoms in total. The predicted molar refractivity (Wildman–Crippen MR) is 45.2 cm³/mol. The van der Waals surface area contributed by atoms with E-state index in [0.717, 1.165) is 7.11 Å². The van der Waals surface area contributed by atoms with Crippen LogP contribution in [0.3, 0.4) is 0 Å². The van der Waals surface area contributed by atoms with E-state index in [4.69, 9.17) is 0 Å². The molecule has 0 aromatic carbocycles. The minimum atomic E-state index is -4.66. The van der Waals surface area contributed by atoms with Crippen LogP contribution in [-0.2, 0) is 9.53 Å². The number of carbonyl (C=O) groups excluding carboxylic acids is 1. The van der Waals surface area contributed by atoms with Crippen LogP contribution in [0.1, 0.15) is 12.8 Å². The zero-order valence-electron chi connectivity index (χ0n) is 8.78. The lowest BCUT2D eigenvalue weighted by Gasteiger charge is -2.18. The van der Waals surface area contributed by atoms with Crippen molar-refractivity contribution in [2.75, 3.05) is 13.7 Å². The van der Waals surface area contributed by atoms with Crippen molar-refractivity contribution in [2.45, 2.75) is 31.2 Å². The Labute approximate surface area is 93.1 Å². The SMILES string of the molecule is COC(=O)C(CC(F)(F)F)NCCC(F)(F)F. The highest BCUT2D eigenvalue weighted by molar-refractivity contribution is 5.75. The number of halogens is 6. The first-order valence-electron chi connectivity index (χ1n) is 4.50. The van der Waals surface area contributed by atoms with E-state index in [1.54, 1.807) is 0 Å². The highest BCUT2D eigenvalue weighted by Gasteiger charge is 2.36. The maximum atomic E-state index is 12.0. The zero-order valence-corrected chi connectivity index (χ0v) is 8.78. The molecule has 1 atom stereocenters. The fraction of sp³-hybridized carbons (Fsp3) is 0.875. The van der Waals surface area contributed by atoms with E-state index in [0.29, 0.717) is 0 Å². The summed E-state index contributed by atoms with van der Waals surface area (Å²) in [6.07, 6.45) is -12.0. The van der Waals surface area contributed by atoms with Crippen LogP contribution in [0.15, 0.2) is 0 Å². The summed E-state index contributed by atoms with van der Waals surface area (Å²) in [4.78, 5) is 10.9. The van der Waals surface area contributed by atoms with Crippen LogP contribution in [0, 0.1) is 0 Å². The first-order valence-corrected chi connectivity index (χ1v) is 4.50. The Balaban J connectivity index is 4.26. The Kier molecular flexibility index (Phi) is 5.73. The molecule has 0 radical (unpaired) electrons. The van der Waals surface area contributed by atoms with Gasteiger partial charge in [-0.2, -0.15) is 26.3 Å². The quantitative estimate of drug-likeness (QED) is 0.611. The van der Waals surface area contributed by atoms with E-state index in [9.17, 15) is 31.1 Å². The molecule has 1 unspecified atom stereocenters. The second-order valence-electron chi connectivity index (χ2n) is 3.21. The zero-order chi connectivity index (χ0) is 13.7. The van der Waals surface area contributed by atoms with Gasteiger partial charge in [0.1, 0.15) is 6.04 Å². The van der Waals surface area contributed by atoms with Gasteiger partial charge in [0, 0.05) is 6.54 Å². The normalized spacial score (nSPS) is 14.5. The van der Waals surface area contributed by atoms with Gasteiger partial charge in [-0.15, -0.1) is 0 Å². The molecule has 9 heteroatoms. The summed E-state index contributed by atoms with van der Waals surface area (Å²) in [5.74, 6) is -1.25. The van der Waals surface area contributed by atoms with Crippen molar-refractivity contribution in [2.24, 2.45) is 0 Å². The van der Waals surface area contributed by atoms with Gasteiger partial charge in [-0.3, -0.25) is 4.79 Å². The second kappa shape index (κ2) is 6.08.